The minimum Gasteiger partial charge on any atom is -0.388 e. The van der Waals surface area contributed by atoms with Gasteiger partial charge >= 0.3 is 0 Å². The Kier molecular flexibility index (Phi) is 6.49. The lowest BCUT2D eigenvalue weighted by Crippen LogP contribution is -2.36. The number of hydrogen-bond donors (Lipinski definition) is 2. The first-order valence-electron chi connectivity index (χ1n) is 11.8. The lowest BCUT2D eigenvalue weighted by molar-refractivity contribution is -0.127. The van der Waals surface area contributed by atoms with Crippen LogP contribution in [0.25, 0.3) is 5.57 Å². The minimum atomic E-state index is 0.298. The first-order chi connectivity index (χ1) is 15.0. The number of allylic oxidation sites excluding steroid dienone is 2. The Labute approximate surface area is 186 Å². The van der Waals surface area contributed by atoms with Crippen molar-refractivity contribution < 1.29 is 4.79 Å². The smallest absolute Gasteiger partial charge is 0.222 e. The molecule has 5 heteroatoms. The number of likely N-dealkylation sites (tertiary alicyclic amines) is 1. The summed E-state index contributed by atoms with van der Waals surface area (Å²) in [6.45, 7) is 10.3. The van der Waals surface area contributed by atoms with Crippen LogP contribution < -0.4 is 10.2 Å². The van der Waals surface area contributed by atoms with E-state index in [-0.39, 0.29) is 0 Å². The maximum atomic E-state index is 12.0. The molecular formula is C26H36N4O. The normalized spacial score (nSPS) is 21.3. The third-order valence-electron chi connectivity index (χ3n) is 6.87. The predicted octanol–water partition coefficient (Wildman–Crippen LogP) is 4.66. The molecule has 1 unspecified atom stereocenters. The van der Waals surface area contributed by atoms with E-state index < -0.39 is 0 Å². The highest BCUT2D eigenvalue weighted by Crippen LogP contribution is 2.38. The quantitative estimate of drug-likeness (QED) is 0.571. The average molecular weight is 421 g/mol. The van der Waals surface area contributed by atoms with E-state index in [0.29, 0.717) is 24.4 Å². The molecule has 2 heterocycles. The number of fused-ring (bicyclic) bond motifs is 1. The fraction of sp³-hybridized carbons (Fsp3) is 0.538. The zero-order valence-electron chi connectivity index (χ0n) is 19.0. The molecule has 166 valence electrons. The highest BCUT2D eigenvalue weighted by atomic mass is 16.2. The van der Waals surface area contributed by atoms with Crippen molar-refractivity contribution in [2.75, 3.05) is 18.0 Å². The van der Waals surface area contributed by atoms with Crippen molar-refractivity contribution >= 4 is 23.4 Å². The first-order valence-corrected chi connectivity index (χ1v) is 11.8. The summed E-state index contributed by atoms with van der Waals surface area (Å²) >= 11 is 0. The Morgan fingerprint density at radius 1 is 1.29 bits per heavy atom. The highest BCUT2D eigenvalue weighted by molar-refractivity contribution is 6.09. The lowest BCUT2D eigenvalue weighted by atomic mass is 9.85. The van der Waals surface area contributed by atoms with Crippen LogP contribution in [0.4, 0.5) is 5.69 Å². The van der Waals surface area contributed by atoms with Crippen LogP contribution in [0.5, 0.6) is 0 Å². The molecule has 1 saturated heterocycles. The van der Waals surface area contributed by atoms with Crippen LogP contribution >= 0.6 is 0 Å². The monoisotopic (exact) mass is 420 g/mol. The van der Waals surface area contributed by atoms with Gasteiger partial charge in [-0.3, -0.25) is 4.79 Å². The second kappa shape index (κ2) is 9.29. The van der Waals surface area contributed by atoms with Crippen molar-refractivity contribution in [2.45, 2.75) is 77.3 Å². The summed E-state index contributed by atoms with van der Waals surface area (Å²) in [4.78, 5) is 16.4. The van der Waals surface area contributed by atoms with E-state index in [1.807, 2.05) is 11.1 Å². The molecule has 5 nitrogen and oxygen atoms in total. The summed E-state index contributed by atoms with van der Waals surface area (Å²) in [5.74, 6) is 0.298. The van der Waals surface area contributed by atoms with Crippen LogP contribution in [0.2, 0.25) is 0 Å². The standard InChI is InChI=1S/C26H36N4O/c1-18(2)30-19(3)8-11-24-23(6-4-14-29-15-5-7-26(29)31)22(12-13-25(24)30)20(16-27)17-28-21-9-10-21/h12-13,16-17,19,21,27-28H,1,4-11,14-15H2,2-3H3/b20-17+,27-16?. The second-order valence-corrected chi connectivity index (χ2v) is 9.36. The van der Waals surface area contributed by atoms with Crippen molar-refractivity contribution in [1.29, 1.82) is 5.41 Å². The van der Waals surface area contributed by atoms with Gasteiger partial charge in [0.05, 0.1) is 0 Å². The number of benzene rings is 1. The van der Waals surface area contributed by atoms with Crippen LogP contribution in [0.15, 0.2) is 30.6 Å². The molecule has 4 rings (SSSR count). The van der Waals surface area contributed by atoms with E-state index >= 15 is 0 Å². The van der Waals surface area contributed by atoms with E-state index in [9.17, 15) is 4.79 Å². The minimum absolute atomic E-state index is 0.298. The maximum Gasteiger partial charge on any atom is 0.222 e. The number of carbonyl (C=O) groups is 1. The van der Waals surface area contributed by atoms with Gasteiger partial charge in [0.1, 0.15) is 0 Å². The molecule has 2 N–H and O–H groups in total. The Hall–Kier alpha value is -2.56. The maximum absolute atomic E-state index is 12.0. The molecule has 0 bridgehead atoms. The third kappa shape index (κ3) is 4.70. The molecule has 0 spiro atoms. The van der Waals surface area contributed by atoms with Gasteiger partial charge in [0.25, 0.3) is 0 Å². The third-order valence-corrected chi connectivity index (χ3v) is 6.87. The fourth-order valence-corrected chi connectivity index (χ4v) is 5.08. The van der Waals surface area contributed by atoms with Gasteiger partial charge in [-0.05, 0) is 81.5 Å². The summed E-state index contributed by atoms with van der Waals surface area (Å²) in [6, 6.07) is 5.42. The number of rotatable bonds is 9. The van der Waals surface area contributed by atoms with Gasteiger partial charge in [0, 0.05) is 61.0 Å². The number of nitrogens with one attached hydrogen (secondary N) is 2. The Morgan fingerprint density at radius 3 is 2.74 bits per heavy atom. The van der Waals surface area contributed by atoms with Crippen LogP contribution in [-0.4, -0.2) is 42.2 Å². The summed E-state index contributed by atoms with van der Waals surface area (Å²) < 4.78 is 0. The molecule has 1 aromatic rings. The molecule has 1 saturated carbocycles. The first kappa shape index (κ1) is 21.7. The van der Waals surface area contributed by atoms with Gasteiger partial charge in [-0.1, -0.05) is 12.6 Å². The van der Waals surface area contributed by atoms with E-state index in [1.165, 1.54) is 35.9 Å². The summed E-state index contributed by atoms with van der Waals surface area (Å²) in [5.41, 5.74) is 7.18. The number of nitrogens with zero attached hydrogens (tertiary/aromatic N) is 2. The van der Waals surface area contributed by atoms with Crippen LogP contribution in [0, 0.1) is 5.41 Å². The SMILES string of the molecule is C=C(C)N1c2ccc(/C(C=N)=C/NC3CC3)c(CCCN3CCCC3=O)c2CCC1C. The zero-order valence-corrected chi connectivity index (χ0v) is 19.0. The number of amides is 1. The Morgan fingerprint density at radius 2 is 2.10 bits per heavy atom. The molecule has 2 fully saturated rings. The molecular weight excluding hydrogens is 384 g/mol. The summed E-state index contributed by atoms with van der Waals surface area (Å²) in [5, 5.41) is 11.5. The molecule has 0 radical (unpaired) electrons. The Bertz CT molecular complexity index is 899. The van der Waals surface area contributed by atoms with Crippen molar-refractivity contribution in [3.05, 3.63) is 47.3 Å². The van der Waals surface area contributed by atoms with Crippen molar-refractivity contribution in [3.8, 4) is 0 Å². The van der Waals surface area contributed by atoms with E-state index in [1.54, 1.807) is 0 Å². The van der Waals surface area contributed by atoms with Crippen LogP contribution in [-0.2, 0) is 17.6 Å². The Balaban J connectivity index is 1.66. The molecule has 0 aromatic heterocycles. The predicted molar refractivity (Wildman–Crippen MR) is 129 cm³/mol. The van der Waals surface area contributed by atoms with Gasteiger partial charge in [-0.2, -0.15) is 0 Å². The molecule has 1 aromatic carbocycles. The van der Waals surface area contributed by atoms with E-state index in [0.717, 1.165) is 62.0 Å². The topological polar surface area (TPSA) is 59.4 Å². The summed E-state index contributed by atoms with van der Waals surface area (Å²) in [6.07, 6.45) is 11.7. The van der Waals surface area contributed by atoms with Gasteiger partial charge in [-0.15, -0.1) is 0 Å². The number of anilines is 1. The fourth-order valence-electron chi connectivity index (χ4n) is 5.08. The van der Waals surface area contributed by atoms with Gasteiger partial charge in [0.2, 0.25) is 5.91 Å². The molecule has 3 aliphatic rings. The molecule has 1 atom stereocenters. The highest BCUT2D eigenvalue weighted by Gasteiger charge is 2.28. The van der Waals surface area contributed by atoms with Crippen molar-refractivity contribution in [2.24, 2.45) is 0 Å². The van der Waals surface area contributed by atoms with Gasteiger partial charge in [0.15, 0.2) is 0 Å². The van der Waals surface area contributed by atoms with Crippen molar-refractivity contribution in [1.82, 2.24) is 10.2 Å². The molecule has 1 aliphatic carbocycles. The molecule has 2 aliphatic heterocycles. The molecule has 1 amide bonds. The summed E-state index contributed by atoms with van der Waals surface area (Å²) in [7, 11) is 0. The molecule has 31 heavy (non-hydrogen) atoms. The van der Waals surface area contributed by atoms with Crippen LogP contribution in [0.1, 0.15) is 69.1 Å². The number of hydrogen-bond acceptors (Lipinski definition) is 4. The van der Waals surface area contributed by atoms with Crippen molar-refractivity contribution in [3.63, 3.8) is 0 Å². The lowest BCUT2D eigenvalue weighted by Gasteiger charge is -2.39. The number of carbonyl (C=O) groups excluding carboxylic acids is 1. The van der Waals surface area contributed by atoms with Gasteiger partial charge < -0.3 is 20.5 Å². The largest absolute Gasteiger partial charge is 0.388 e. The van der Waals surface area contributed by atoms with Gasteiger partial charge in [-0.25, -0.2) is 0 Å². The average Bonchev–Trinajstić information content (AvgIpc) is 3.49. The van der Waals surface area contributed by atoms with E-state index in [2.05, 4.69) is 42.8 Å². The van der Waals surface area contributed by atoms with Crippen LogP contribution in [0.3, 0.4) is 0 Å². The second-order valence-electron chi connectivity index (χ2n) is 9.36. The zero-order chi connectivity index (χ0) is 22.0. The van der Waals surface area contributed by atoms with E-state index in [4.69, 9.17) is 5.41 Å².